The standard InChI is InChI=1S/C13H19ClN2/c1-2-5-16(13-3-4-13)9-10-6-11(14)8-12(15)7-10/h6-8,13H,2-5,9,15H2,1H3. The van der Waals surface area contributed by atoms with Gasteiger partial charge in [0.05, 0.1) is 0 Å². The van der Waals surface area contributed by atoms with Crippen LogP contribution in [-0.2, 0) is 6.54 Å². The molecule has 16 heavy (non-hydrogen) atoms. The first kappa shape index (κ1) is 11.7. The van der Waals surface area contributed by atoms with Crippen LogP contribution in [0.4, 0.5) is 5.69 Å². The van der Waals surface area contributed by atoms with Crippen molar-refractivity contribution in [2.75, 3.05) is 12.3 Å². The summed E-state index contributed by atoms with van der Waals surface area (Å²) < 4.78 is 0. The van der Waals surface area contributed by atoms with E-state index in [4.69, 9.17) is 17.3 Å². The van der Waals surface area contributed by atoms with Gasteiger partial charge >= 0.3 is 0 Å². The third kappa shape index (κ3) is 3.13. The van der Waals surface area contributed by atoms with Gasteiger partial charge in [-0.25, -0.2) is 0 Å². The van der Waals surface area contributed by atoms with Crippen LogP contribution in [0.15, 0.2) is 18.2 Å². The van der Waals surface area contributed by atoms with Crippen molar-refractivity contribution in [1.29, 1.82) is 0 Å². The summed E-state index contributed by atoms with van der Waals surface area (Å²) >= 11 is 6.01. The van der Waals surface area contributed by atoms with Gasteiger partial charge in [0.25, 0.3) is 0 Å². The Morgan fingerprint density at radius 3 is 2.69 bits per heavy atom. The van der Waals surface area contributed by atoms with Crippen LogP contribution in [0.25, 0.3) is 0 Å². The van der Waals surface area contributed by atoms with Crippen LogP contribution in [0.2, 0.25) is 5.02 Å². The number of hydrogen-bond donors (Lipinski definition) is 1. The van der Waals surface area contributed by atoms with Gasteiger partial charge in [0.2, 0.25) is 0 Å². The molecule has 1 aromatic rings. The molecule has 1 aromatic carbocycles. The van der Waals surface area contributed by atoms with Crippen LogP contribution in [0, 0.1) is 0 Å². The second-order valence-corrected chi connectivity index (χ2v) is 5.03. The molecule has 0 spiro atoms. The highest BCUT2D eigenvalue weighted by atomic mass is 35.5. The Morgan fingerprint density at radius 2 is 2.12 bits per heavy atom. The summed E-state index contributed by atoms with van der Waals surface area (Å²) in [6.45, 7) is 4.36. The number of anilines is 1. The fraction of sp³-hybridized carbons (Fsp3) is 0.538. The molecule has 3 heteroatoms. The van der Waals surface area contributed by atoms with Gasteiger partial charge in [-0.3, -0.25) is 4.90 Å². The Morgan fingerprint density at radius 1 is 1.38 bits per heavy atom. The summed E-state index contributed by atoms with van der Waals surface area (Å²) in [5.41, 5.74) is 7.78. The molecule has 1 aliphatic carbocycles. The van der Waals surface area contributed by atoms with Crippen LogP contribution in [0.3, 0.4) is 0 Å². The molecule has 0 aliphatic heterocycles. The summed E-state index contributed by atoms with van der Waals surface area (Å²) in [4.78, 5) is 2.53. The minimum Gasteiger partial charge on any atom is -0.399 e. The molecule has 1 aliphatic rings. The van der Waals surface area contributed by atoms with E-state index < -0.39 is 0 Å². The second-order valence-electron chi connectivity index (χ2n) is 4.59. The number of hydrogen-bond acceptors (Lipinski definition) is 2. The number of rotatable bonds is 5. The lowest BCUT2D eigenvalue weighted by Gasteiger charge is -2.21. The predicted molar refractivity (Wildman–Crippen MR) is 69.6 cm³/mol. The first-order valence-electron chi connectivity index (χ1n) is 5.98. The molecule has 0 saturated heterocycles. The minimum atomic E-state index is 0.738. The Labute approximate surface area is 102 Å². The van der Waals surface area contributed by atoms with Gasteiger partial charge in [-0.2, -0.15) is 0 Å². The zero-order valence-electron chi connectivity index (χ0n) is 9.75. The van der Waals surface area contributed by atoms with E-state index in [1.807, 2.05) is 12.1 Å². The quantitative estimate of drug-likeness (QED) is 0.798. The summed E-state index contributed by atoms with van der Waals surface area (Å²) in [7, 11) is 0. The second kappa shape index (κ2) is 5.07. The molecule has 0 amide bonds. The molecule has 0 atom stereocenters. The van der Waals surface area contributed by atoms with Crippen LogP contribution < -0.4 is 5.73 Å². The lowest BCUT2D eigenvalue weighted by Crippen LogP contribution is -2.26. The van der Waals surface area contributed by atoms with Crippen molar-refractivity contribution in [1.82, 2.24) is 4.90 Å². The van der Waals surface area contributed by atoms with Gasteiger partial charge < -0.3 is 5.73 Å². The Kier molecular flexibility index (Phi) is 3.72. The van der Waals surface area contributed by atoms with E-state index in [2.05, 4.69) is 11.8 Å². The maximum Gasteiger partial charge on any atom is 0.0429 e. The van der Waals surface area contributed by atoms with E-state index in [-0.39, 0.29) is 0 Å². The van der Waals surface area contributed by atoms with Crippen LogP contribution in [-0.4, -0.2) is 17.5 Å². The van der Waals surface area contributed by atoms with E-state index in [0.29, 0.717) is 0 Å². The third-order valence-corrected chi connectivity index (χ3v) is 3.16. The third-order valence-electron chi connectivity index (χ3n) is 2.94. The van der Waals surface area contributed by atoms with Gasteiger partial charge in [-0.05, 0) is 49.6 Å². The maximum atomic E-state index is 6.01. The number of benzene rings is 1. The largest absolute Gasteiger partial charge is 0.399 e. The maximum absolute atomic E-state index is 6.01. The molecule has 0 bridgehead atoms. The van der Waals surface area contributed by atoms with E-state index in [1.54, 1.807) is 6.07 Å². The number of nitrogens with zero attached hydrogens (tertiary/aromatic N) is 1. The van der Waals surface area contributed by atoms with Gasteiger partial charge in [0, 0.05) is 23.3 Å². The first-order valence-corrected chi connectivity index (χ1v) is 6.36. The average molecular weight is 239 g/mol. The lowest BCUT2D eigenvalue weighted by atomic mass is 10.2. The zero-order chi connectivity index (χ0) is 11.5. The first-order chi connectivity index (χ1) is 7.69. The number of nitrogen functional groups attached to an aromatic ring is 1. The highest BCUT2D eigenvalue weighted by Gasteiger charge is 2.28. The summed E-state index contributed by atoms with van der Waals surface area (Å²) in [5, 5.41) is 0.738. The fourth-order valence-electron chi connectivity index (χ4n) is 2.12. The van der Waals surface area contributed by atoms with E-state index in [0.717, 1.165) is 29.8 Å². The van der Waals surface area contributed by atoms with Crippen molar-refractivity contribution in [2.24, 2.45) is 0 Å². The normalized spacial score (nSPS) is 15.7. The van der Waals surface area contributed by atoms with E-state index >= 15 is 0 Å². The molecular weight excluding hydrogens is 220 g/mol. The molecule has 0 aromatic heterocycles. The van der Waals surface area contributed by atoms with Crippen LogP contribution >= 0.6 is 11.6 Å². The van der Waals surface area contributed by atoms with Gasteiger partial charge in [0.1, 0.15) is 0 Å². The Balaban J connectivity index is 2.05. The molecule has 0 heterocycles. The molecule has 88 valence electrons. The minimum absolute atomic E-state index is 0.738. The number of halogens is 1. The monoisotopic (exact) mass is 238 g/mol. The van der Waals surface area contributed by atoms with Crippen molar-refractivity contribution < 1.29 is 0 Å². The van der Waals surface area contributed by atoms with Gasteiger partial charge in [-0.15, -0.1) is 0 Å². The average Bonchev–Trinajstić information content (AvgIpc) is 2.98. The molecule has 1 fully saturated rings. The SMILES string of the molecule is CCCN(Cc1cc(N)cc(Cl)c1)C1CC1. The van der Waals surface area contributed by atoms with E-state index in [1.165, 1.54) is 24.8 Å². The number of nitrogens with two attached hydrogens (primary N) is 1. The molecule has 0 radical (unpaired) electrons. The van der Waals surface area contributed by atoms with Crippen LogP contribution in [0.5, 0.6) is 0 Å². The Hall–Kier alpha value is -0.730. The van der Waals surface area contributed by atoms with Crippen molar-refractivity contribution >= 4 is 17.3 Å². The fourth-order valence-corrected chi connectivity index (χ4v) is 2.38. The van der Waals surface area contributed by atoms with Crippen molar-refractivity contribution in [3.63, 3.8) is 0 Å². The van der Waals surface area contributed by atoms with Crippen molar-refractivity contribution in [3.05, 3.63) is 28.8 Å². The van der Waals surface area contributed by atoms with Gasteiger partial charge in [0.15, 0.2) is 0 Å². The van der Waals surface area contributed by atoms with E-state index in [9.17, 15) is 0 Å². The predicted octanol–water partition coefficient (Wildman–Crippen LogP) is 3.30. The smallest absolute Gasteiger partial charge is 0.0429 e. The zero-order valence-corrected chi connectivity index (χ0v) is 10.5. The van der Waals surface area contributed by atoms with Gasteiger partial charge in [-0.1, -0.05) is 18.5 Å². The highest BCUT2D eigenvalue weighted by Crippen LogP contribution is 2.29. The summed E-state index contributed by atoms with van der Waals surface area (Å²) in [5.74, 6) is 0. The highest BCUT2D eigenvalue weighted by molar-refractivity contribution is 6.30. The van der Waals surface area contributed by atoms with Crippen LogP contribution in [0.1, 0.15) is 31.7 Å². The molecule has 1 saturated carbocycles. The summed E-state index contributed by atoms with van der Waals surface area (Å²) in [6.07, 6.45) is 3.89. The molecule has 2 rings (SSSR count). The summed E-state index contributed by atoms with van der Waals surface area (Å²) in [6, 6.07) is 6.63. The van der Waals surface area contributed by atoms with Crippen molar-refractivity contribution in [3.8, 4) is 0 Å². The molecule has 2 nitrogen and oxygen atoms in total. The molecule has 0 unspecified atom stereocenters. The van der Waals surface area contributed by atoms with Crippen molar-refractivity contribution in [2.45, 2.75) is 38.8 Å². The molecular formula is C13H19ClN2. The topological polar surface area (TPSA) is 29.3 Å². The lowest BCUT2D eigenvalue weighted by molar-refractivity contribution is 0.255. The Bertz CT molecular complexity index is 341. The molecule has 2 N–H and O–H groups in total.